The molecule has 6 nitrogen and oxygen atoms in total. The van der Waals surface area contributed by atoms with E-state index < -0.39 is 0 Å². The third kappa shape index (κ3) is 6.76. The van der Waals surface area contributed by atoms with E-state index in [0.29, 0.717) is 13.2 Å². The lowest BCUT2D eigenvalue weighted by Gasteiger charge is -2.34. The van der Waals surface area contributed by atoms with Crippen molar-refractivity contribution in [2.75, 3.05) is 53.0 Å². The lowest BCUT2D eigenvalue weighted by Crippen LogP contribution is -2.50. The Labute approximate surface area is 173 Å². The summed E-state index contributed by atoms with van der Waals surface area (Å²) in [6.45, 7) is 7.71. The molecule has 1 amide bonds. The van der Waals surface area contributed by atoms with Crippen LogP contribution in [-0.2, 0) is 4.79 Å². The van der Waals surface area contributed by atoms with E-state index in [1.54, 1.807) is 7.11 Å². The van der Waals surface area contributed by atoms with Crippen LogP contribution < -0.4 is 14.8 Å². The molecule has 1 fully saturated rings. The average molecular weight is 398 g/mol. The number of rotatable bonds is 9. The Hall–Kier alpha value is -2.57. The van der Waals surface area contributed by atoms with E-state index in [1.807, 2.05) is 61.5 Å². The van der Waals surface area contributed by atoms with Crippen LogP contribution in [0.2, 0.25) is 0 Å². The molecule has 3 rings (SSSR count). The predicted molar refractivity (Wildman–Crippen MR) is 114 cm³/mol. The van der Waals surface area contributed by atoms with Crippen molar-refractivity contribution in [2.45, 2.75) is 13.0 Å². The molecule has 0 aromatic heterocycles. The predicted octanol–water partition coefficient (Wildman–Crippen LogP) is 2.57. The van der Waals surface area contributed by atoms with Gasteiger partial charge >= 0.3 is 0 Å². The quantitative estimate of drug-likeness (QED) is 0.705. The van der Waals surface area contributed by atoms with E-state index >= 15 is 0 Å². The van der Waals surface area contributed by atoms with E-state index in [-0.39, 0.29) is 11.9 Å². The first-order chi connectivity index (χ1) is 14.1. The fourth-order valence-electron chi connectivity index (χ4n) is 3.45. The normalized spacial score (nSPS) is 16.2. The second-order valence-corrected chi connectivity index (χ2v) is 7.34. The molecule has 0 bridgehead atoms. The number of hydrogen-bond donors (Lipinski definition) is 1. The number of benzene rings is 2. The average Bonchev–Trinajstić information content (AvgIpc) is 2.76. The maximum absolute atomic E-state index is 12.4. The second-order valence-electron chi connectivity index (χ2n) is 7.34. The number of nitrogens with one attached hydrogen (secondary N) is 1. The maximum Gasteiger partial charge on any atom is 0.234 e. The van der Waals surface area contributed by atoms with Crippen molar-refractivity contribution in [1.29, 1.82) is 0 Å². The minimum atomic E-state index is 0.0279. The number of carbonyl (C=O) groups excluding carboxylic acids is 1. The Morgan fingerprint density at radius 3 is 2.24 bits per heavy atom. The Balaban J connectivity index is 1.32. The van der Waals surface area contributed by atoms with Crippen molar-refractivity contribution in [3.05, 3.63) is 60.2 Å². The van der Waals surface area contributed by atoms with Crippen LogP contribution in [0.3, 0.4) is 0 Å². The number of hydrogen-bond acceptors (Lipinski definition) is 5. The summed E-state index contributed by atoms with van der Waals surface area (Å²) in [5, 5.41) is 3.09. The van der Waals surface area contributed by atoms with E-state index in [4.69, 9.17) is 9.47 Å². The summed E-state index contributed by atoms with van der Waals surface area (Å²) < 4.78 is 11.0. The summed E-state index contributed by atoms with van der Waals surface area (Å²) in [5.41, 5.74) is 1.13. The van der Waals surface area contributed by atoms with Gasteiger partial charge in [0, 0.05) is 32.7 Å². The molecule has 0 aliphatic carbocycles. The van der Waals surface area contributed by atoms with Crippen LogP contribution in [0.4, 0.5) is 0 Å². The fourth-order valence-corrected chi connectivity index (χ4v) is 3.45. The smallest absolute Gasteiger partial charge is 0.234 e. The monoisotopic (exact) mass is 397 g/mol. The van der Waals surface area contributed by atoms with Crippen LogP contribution in [0.1, 0.15) is 18.5 Å². The van der Waals surface area contributed by atoms with Crippen molar-refractivity contribution in [3.8, 4) is 11.5 Å². The van der Waals surface area contributed by atoms with Gasteiger partial charge in [0.2, 0.25) is 5.91 Å². The number of amides is 1. The molecule has 1 N–H and O–H groups in total. The van der Waals surface area contributed by atoms with Crippen molar-refractivity contribution >= 4 is 5.91 Å². The van der Waals surface area contributed by atoms with Gasteiger partial charge in [0.25, 0.3) is 0 Å². The molecule has 1 saturated heterocycles. The van der Waals surface area contributed by atoms with Gasteiger partial charge in [0.1, 0.15) is 18.1 Å². The molecule has 1 heterocycles. The lowest BCUT2D eigenvalue weighted by atomic mass is 10.1. The summed E-state index contributed by atoms with van der Waals surface area (Å²) in [7, 11) is 1.66. The van der Waals surface area contributed by atoms with E-state index in [9.17, 15) is 4.79 Å². The van der Waals surface area contributed by atoms with Gasteiger partial charge in [-0.15, -0.1) is 0 Å². The minimum absolute atomic E-state index is 0.0279. The number of methoxy groups -OCH3 is 1. The van der Waals surface area contributed by atoms with Gasteiger partial charge in [-0.1, -0.05) is 30.3 Å². The highest BCUT2D eigenvalue weighted by molar-refractivity contribution is 5.78. The van der Waals surface area contributed by atoms with Gasteiger partial charge in [0.05, 0.1) is 19.7 Å². The molecule has 2 aromatic rings. The first-order valence-electron chi connectivity index (χ1n) is 10.2. The molecule has 156 valence electrons. The van der Waals surface area contributed by atoms with Gasteiger partial charge in [0.15, 0.2) is 0 Å². The van der Waals surface area contributed by atoms with Crippen LogP contribution in [0.15, 0.2) is 54.6 Å². The largest absolute Gasteiger partial charge is 0.497 e. The molecule has 2 aromatic carbocycles. The van der Waals surface area contributed by atoms with E-state index in [1.165, 1.54) is 0 Å². The molecule has 1 atom stereocenters. The highest BCUT2D eigenvalue weighted by Crippen LogP contribution is 2.17. The van der Waals surface area contributed by atoms with Crippen LogP contribution in [0, 0.1) is 0 Å². The molecule has 0 spiro atoms. The Bertz CT molecular complexity index is 744. The Kier molecular flexibility index (Phi) is 7.90. The molecule has 0 radical (unpaired) electrons. The molecule has 29 heavy (non-hydrogen) atoms. The third-order valence-corrected chi connectivity index (χ3v) is 5.24. The molecule has 1 aliphatic rings. The summed E-state index contributed by atoms with van der Waals surface area (Å²) in [4.78, 5) is 17.0. The topological polar surface area (TPSA) is 54.0 Å². The minimum Gasteiger partial charge on any atom is -0.497 e. The van der Waals surface area contributed by atoms with Crippen LogP contribution in [0.25, 0.3) is 0 Å². The Morgan fingerprint density at radius 1 is 0.966 bits per heavy atom. The summed E-state index contributed by atoms with van der Waals surface area (Å²) >= 11 is 0. The maximum atomic E-state index is 12.4. The number of piperazine rings is 1. The summed E-state index contributed by atoms with van der Waals surface area (Å²) in [6.07, 6.45) is 0. The fraction of sp³-hybridized carbons (Fsp3) is 0.435. The lowest BCUT2D eigenvalue weighted by molar-refractivity contribution is -0.123. The molecular formula is C23H31N3O3. The summed E-state index contributed by atoms with van der Waals surface area (Å²) in [5.74, 6) is 1.77. The van der Waals surface area contributed by atoms with E-state index in [0.717, 1.165) is 49.8 Å². The number of carbonyl (C=O) groups is 1. The summed E-state index contributed by atoms with van der Waals surface area (Å²) in [6, 6.07) is 17.7. The van der Waals surface area contributed by atoms with Crippen molar-refractivity contribution in [1.82, 2.24) is 15.1 Å². The van der Waals surface area contributed by atoms with Gasteiger partial charge in [-0.3, -0.25) is 14.6 Å². The molecule has 1 aliphatic heterocycles. The number of nitrogens with zero attached hydrogens (tertiary/aromatic N) is 2. The zero-order valence-corrected chi connectivity index (χ0v) is 17.3. The van der Waals surface area contributed by atoms with Gasteiger partial charge in [-0.2, -0.15) is 0 Å². The van der Waals surface area contributed by atoms with Crippen molar-refractivity contribution in [3.63, 3.8) is 0 Å². The highest BCUT2D eigenvalue weighted by Gasteiger charge is 2.19. The standard InChI is InChI=1S/C23H31N3O3/c1-19(20-6-4-3-5-7-20)24-23(27)18-26-14-12-25(13-15-26)16-17-29-22-10-8-21(28-2)9-11-22/h3-11,19H,12-18H2,1-2H3,(H,24,27)/t19-/m0/s1. The SMILES string of the molecule is COc1ccc(OCCN2CCN(CC(=O)N[C@@H](C)c3ccccc3)CC2)cc1. The van der Waals surface area contributed by atoms with Gasteiger partial charge < -0.3 is 14.8 Å². The molecule has 0 saturated carbocycles. The zero-order valence-electron chi connectivity index (χ0n) is 17.3. The van der Waals surface area contributed by atoms with Crippen LogP contribution in [-0.4, -0.2) is 68.7 Å². The van der Waals surface area contributed by atoms with E-state index in [2.05, 4.69) is 15.1 Å². The van der Waals surface area contributed by atoms with Crippen molar-refractivity contribution in [2.24, 2.45) is 0 Å². The molecular weight excluding hydrogens is 366 g/mol. The van der Waals surface area contributed by atoms with Crippen molar-refractivity contribution < 1.29 is 14.3 Å². The van der Waals surface area contributed by atoms with Crippen LogP contribution >= 0.6 is 0 Å². The zero-order chi connectivity index (χ0) is 20.5. The first kappa shape index (κ1) is 21.1. The van der Waals surface area contributed by atoms with Crippen LogP contribution in [0.5, 0.6) is 11.5 Å². The Morgan fingerprint density at radius 2 is 1.59 bits per heavy atom. The first-order valence-corrected chi connectivity index (χ1v) is 10.2. The third-order valence-electron chi connectivity index (χ3n) is 5.24. The highest BCUT2D eigenvalue weighted by atomic mass is 16.5. The van der Waals surface area contributed by atoms with Gasteiger partial charge in [-0.25, -0.2) is 0 Å². The van der Waals surface area contributed by atoms with Gasteiger partial charge in [-0.05, 0) is 36.8 Å². The molecule has 6 heteroatoms. The molecule has 0 unspecified atom stereocenters. The second kappa shape index (κ2) is 10.8. The number of ether oxygens (including phenoxy) is 2.